The molecule has 3 aromatic rings. The third-order valence-corrected chi connectivity index (χ3v) is 5.72. The molecule has 33 heavy (non-hydrogen) atoms. The fourth-order valence-electron chi connectivity index (χ4n) is 2.99. The lowest BCUT2D eigenvalue weighted by atomic mass is 10.2. The quantitative estimate of drug-likeness (QED) is 0.456. The molecular weight excluding hydrogens is 458 g/mol. The lowest BCUT2D eigenvalue weighted by molar-refractivity contribution is -0.118. The van der Waals surface area contributed by atoms with Crippen LogP contribution in [0.15, 0.2) is 82.7 Å². The SMILES string of the molecule is Cc1cccc(NC(=O)COc2ccc(C=C3SC(=Nc4ccc(Cl)cc4)NC3=O)cc2)c1. The fraction of sp³-hybridized carbons (Fsp3) is 0.0800. The summed E-state index contributed by atoms with van der Waals surface area (Å²) in [6, 6.07) is 21.8. The van der Waals surface area contributed by atoms with E-state index >= 15 is 0 Å². The number of halogens is 1. The number of nitrogens with zero attached hydrogens (tertiary/aromatic N) is 1. The van der Waals surface area contributed by atoms with E-state index < -0.39 is 0 Å². The first-order valence-corrected chi connectivity index (χ1v) is 11.3. The van der Waals surface area contributed by atoms with E-state index in [1.54, 1.807) is 42.5 Å². The molecule has 2 N–H and O–H groups in total. The van der Waals surface area contributed by atoms with Crippen LogP contribution in [0.1, 0.15) is 11.1 Å². The first-order chi connectivity index (χ1) is 15.9. The largest absolute Gasteiger partial charge is 0.484 e. The highest BCUT2D eigenvalue weighted by Gasteiger charge is 2.23. The van der Waals surface area contributed by atoms with Crippen molar-refractivity contribution in [2.24, 2.45) is 4.99 Å². The highest BCUT2D eigenvalue weighted by Crippen LogP contribution is 2.28. The van der Waals surface area contributed by atoms with Crippen LogP contribution in [0.5, 0.6) is 5.75 Å². The van der Waals surface area contributed by atoms with E-state index in [0.29, 0.717) is 26.5 Å². The second kappa shape index (κ2) is 10.4. The number of ether oxygens (including phenoxy) is 1. The molecule has 0 bridgehead atoms. The second-order valence-electron chi connectivity index (χ2n) is 7.23. The molecule has 0 radical (unpaired) electrons. The number of rotatable bonds is 6. The van der Waals surface area contributed by atoms with E-state index in [1.807, 2.05) is 43.3 Å². The Labute approximate surface area is 200 Å². The molecule has 1 saturated heterocycles. The van der Waals surface area contributed by atoms with Gasteiger partial charge in [-0.15, -0.1) is 0 Å². The minimum absolute atomic E-state index is 0.100. The van der Waals surface area contributed by atoms with Crippen molar-refractivity contribution in [1.29, 1.82) is 0 Å². The van der Waals surface area contributed by atoms with Gasteiger partial charge in [0.15, 0.2) is 11.8 Å². The van der Waals surface area contributed by atoms with Crippen LogP contribution in [0.2, 0.25) is 5.02 Å². The highest BCUT2D eigenvalue weighted by atomic mass is 35.5. The monoisotopic (exact) mass is 477 g/mol. The Hall–Kier alpha value is -3.55. The van der Waals surface area contributed by atoms with E-state index in [-0.39, 0.29) is 18.4 Å². The molecule has 0 spiro atoms. The average molecular weight is 478 g/mol. The van der Waals surface area contributed by atoms with Crippen molar-refractivity contribution in [1.82, 2.24) is 5.32 Å². The Morgan fingerprint density at radius 2 is 1.88 bits per heavy atom. The Morgan fingerprint density at radius 3 is 2.61 bits per heavy atom. The molecule has 3 aromatic carbocycles. The molecule has 1 heterocycles. The number of hydrogen-bond acceptors (Lipinski definition) is 5. The van der Waals surface area contributed by atoms with Crippen LogP contribution >= 0.6 is 23.4 Å². The summed E-state index contributed by atoms with van der Waals surface area (Å²) in [5.41, 5.74) is 3.33. The van der Waals surface area contributed by atoms with Crippen molar-refractivity contribution < 1.29 is 14.3 Å². The summed E-state index contributed by atoms with van der Waals surface area (Å²) in [7, 11) is 0. The van der Waals surface area contributed by atoms with Gasteiger partial charge in [-0.25, -0.2) is 4.99 Å². The summed E-state index contributed by atoms with van der Waals surface area (Å²) < 4.78 is 5.56. The van der Waals surface area contributed by atoms with Crippen molar-refractivity contribution in [3.8, 4) is 5.75 Å². The summed E-state index contributed by atoms with van der Waals surface area (Å²) in [6.07, 6.45) is 1.78. The Bertz CT molecular complexity index is 1240. The molecule has 1 aliphatic heterocycles. The van der Waals surface area contributed by atoms with E-state index in [1.165, 1.54) is 11.8 Å². The van der Waals surface area contributed by atoms with Crippen molar-refractivity contribution in [2.75, 3.05) is 11.9 Å². The number of anilines is 1. The maximum atomic E-state index is 12.3. The zero-order chi connectivity index (χ0) is 23.2. The Morgan fingerprint density at radius 1 is 1.12 bits per heavy atom. The van der Waals surface area contributed by atoms with Crippen LogP contribution in [0.3, 0.4) is 0 Å². The van der Waals surface area contributed by atoms with Gasteiger partial charge in [0.2, 0.25) is 0 Å². The third kappa shape index (κ3) is 6.47. The van der Waals surface area contributed by atoms with E-state index in [4.69, 9.17) is 16.3 Å². The van der Waals surface area contributed by atoms with Gasteiger partial charge < -0.3 is 15.4 Å². The van der Waals surface area contributed by atoms with Gasteiger partial charge in [0.1, 0.15) is 5.75 Å². The molecule has 0 atom stereocenters. The van der Waals surface area contributed by atoms with E-state index in [9.17, 15) is 9.59 Å². The maximum Gasteiger partial charge on any atom is 0.264 e. The van der Waals surface area contributed by atoms with E-state index in [0.717, 1.165) is 16.8 Å². The zero-order valence-corrected chi connectivity index (χ0v) is 19.2. The zero-order valence-electron chi connectivity index (χ0n) is 17.7. The average Bonchev–Trinajstić information content (AvgIpc) is 3.13. The third-order valence-electron chi connectivity index (χ3n) is 4.56. The number of benzene rings is 3. The van der Waals surface area contributed by atoms with Gasteiger partial charge in [-0.1, -0.05) is 35.9 Å². The predicted octanol–water partition coefficient (Wildman–Crippen LogP) is 5.56. The number of amidine groups is 1. The Kier molecular flexibility index (Phi) is 7.12. The smallest absolute Gasteiger partial charge is 0.264 e. The molecular formula is C25H20ClN3O3S. The molecule has 2 amide bonds. The van der Waals surface area contributed by atoms with Gasteiger partial charge in [0, 0.05) is 10.7 Å². The Balaban J connectivity index is 1.33. The number of aliphatic imine (C=N–C) groups is 1. The maximum absolute atomic E-state index is 12.3. The van der Waals surface area contributed by atoms with Crippen molar-refractivity contribution in [3.63, 3.8) is 0 Å². The van der Waals surface area contributed by atoms with Gasteiger partial charge in [-0.05, 0) is 84.4 Å². The first kappa shape index (κ1) is 22.6. The van der Waals surface area contributed by atoms with Crippen LogP contribution in [-0.2, 0) is 9.59 Å². The number of hydrogen-bond donors (Lipinski definition) is 2. The molecule has 0 unspecified atom stereocenters. The number of thioether (sulfide) groups is 1. The lowest BCUT2D eigenvalue weighted by Crippen LogP contribution is -2.20. The van der Waals surface area contributed by atoms with Crippen molar-refractivity contribution in [3.05, 3.63) is 93.9 Å². The minimum Gasteiger partial charge on any atom is -0.484 e. The highest BCUT2D eigenvalue weighted by molar-refractivity contribution is 8.18. The number of carbonyl (C=O) groups excluding carboxylic acids is 2. The summed E-state index contributed by atoms with van der Waals surface area (Å²) in [5.74, 6) is 0.115. The molecule has 1 fully saturated rings. The van der Waals surface area contributed by atoms with Gasteiger partial charge in [0.05, 0.1) is 10.6 Å². The number of nitrogens with one attached hydrogen (secondary N) is 2. The van der Waals surface area contributed by atoms with Crippen molar-refractivity contribution >= 4 is 57.8 Å². The molecule has 6 nitrogen and oxygen atoms in total. The first-order valence-electron chi connectivity index (χ1n) is 10.1. The van der Waals surface area contributed by atoms with Crippen molar-refractivity contribution in [2.45, 2.75) is 6.92 Å². The summed E-state index contributed by atoms with van der Waals surface area (Å²) >= 11 is 7.15. The van der Waals surface area contributed by atoms with Crippen LogP contribution in [-0.4, -0.2) is 23.6 Å². The molecule has 0 aromatic heterocycles. The standard InChI is InChI=1S/C25H20ClN3O3S/c1-16-3-2-4-20(13-16)27-23(30)15-32-21-11-5-17(6-12-21)14-22-24(31)29-25(33-22)28-19-9-7-18(26)8-10-19/h2-14H,15H2,1H3,(H,27,30)(H,28,29,31). The van der Waals surface area contributed by atoms with Crippen LogP contribution in [0, 0.1) is 6.92 Å². The molecule has 0 aliphatic carbocycles. The lowest BCUT2D eigenvalue weighted by Gasteiger charge is -2.08. The normalized spacial score (nSPS) is 15.5. The van der Waals surface area contributed by atoms with Gasteiger partial charge >= 0.3 is 0 Å². The second-order valence-corrected chi connectivity index (χ2v) is 8.70. The van der Waals surface area contributed by atoms with Crippen LogP contribution < -0.4 is 15.4 Å². The topological polar surface area (TPSA) is 79.8 Å². The van der Waals surface area contributed by atoms with Gasteiger partial charge in [0.25, 0.3) is 11.8 Å². The van der Waals surface area contributed by atoms with Gasteiger partial charge in [-0.3, -0.25) is 9.59 Å². The molecule has 4 rings (SSSR count). The molecule has 8 heteroatoms. The van der Waals surface area contributed by atoms with Crippen LogP contribution in [0.4, 0.5) is 11.4 Å². The van der Waals surface area contributed by atoms with Gasteiger partial charge in [-0.2, -0.15) is 0 Å². The molecule has 1 aliphatic rings. The number of carbonyl (C=O) groups is 2. The summed E-state index contributed by atoms with van der Waals surface area (Å²) in [5, 5.41) is 6.70. The van der Waals surface area contributed by atoms with Crippen LogP contribution in [0.25, 0.3) is 6.08 Å². The number of amides is 2. The molecule has 166 valence electrons. The molecule has 0 saturated carbocycles. The summed E-state index contributed by atoms with van der Waals surface area (Å²) in [4.78, 5) is 29.3. The predicted molar refractivity (Wildman–Crippen MR) is 134 cm³/mol. The van der Waals surface area contributed by atoms with E-state index in [2.05, 4.69) is 15.6 Å². The fourth-order valence-corrected chi connectivity index (χ4v) is 3.96. The number of aryl methyl sites for hydroxylation is 1. The minimum atomic E-state index is -0.238. The summed E-state index contributed by atoms with van der Waals surface area (Å²) in [6.45, 7) is 1.86.